The molecule has 6 nitrogen and oxygen atoms in total. The number of nitrogens with one attached hydrogen (secondary N) is 2. The molecular weight excluding hydrogens is 382 g/mol. The van der Waals surface area contributed by atoms with Crippen molar-refractivity contribution in [3.05, 3.63) is 56.7 Å². The number of hydrogen-bond acceptors (Lipinski definition) is 6. The molecule has 5 rings (SSSR count). The van der Waals surface area contributed by atoms with Gasteiger partial charge in [-0.3, -0.25) is 9.69 Å². The van der Waals surface area contributed by atoms with Crippen molar-refractivity contribution in [2.75, 3.05) is 42.9 Å². The lowest BCUT2D eigenvalue weighted by Gasteiger charge is -2.35. The van der Waals surface area contributed by atoms with Crippen molar-refractivity contribution in [2.45, 2.75) is 19.4 Å². The fourth-order valence-electron chi connectivity index (χ4n) is 4.35. The van der Waals surface area contributed by atoms with Gasteiger partial charge in [-0.15, -0.1) is 11.3 Å². The molecule has 1 fully saturated rings. The smallest absolute Gasteiger partial charge is 0.253 e. The van der Waals surface area contributed by atoms with Crippen molar-refractivity contribution in [1.82, 2.24) is 9.88 Å². The van der Waals surface area contributed by atoms with E-state index >= 15 is 0 Å². The quantitative estimate of drug-likeness (QED) is 0.700. The maximum Gasteiger partial charge on any atom is 0.253 e. The molecule has 148 valence electrons. The van der Waals surface area contributed by atoms with Gasteiger partial charge >= 0.3 is 0 Å². The van der Waals surface area contributed by atoms with Crippen LogP contribution in [-0.4, -0.2) is 42.6 Å². The summed E-state index contributed by atoms with van der Waals surface area (Å²) in [6.45, 7) is 5.71. The first-order chi connectivity index (χ1) is 14.2. The topological polar surface area (TPSA) is 75.2 Å². The van der Waals surface area contributed by atoms with Gasteiger partial charge in [0.05, 0.1) is 16.2 Å². The van der Waals surface area contributed by atoms with Crippen LogP contribution in [0.2, 0.25) is 0 Å². The standard InChI is InChI=1S/C22H23N5OS/c23-13-16-4-6-20(29-16)27-10-8-26(9-11-27)14-15-3-5-17-19(12-15)25-22(28)18-2-1-7-24-21(17)18/h3-6,12,24H,1-2,7-11,14H2,(H,25,28). The largest absolute Gasteiger partial charge is 0.384 e. The molecular formula is C22H23N5OS. The van der Waals surface area contributed by atoms with Crippen molar-refractivity contribution in [3.63, 3.8) is 0 Å². The Morgan fingerprint density at radius 1 is 1.14 bits per heavy atom. The monoisotopic (exact) mass is 405 g/mol. The Morgan fingerprint density at radius 2 is 2.00 bits per heavy atom. The molecule has 2 N–H and O–H groups in total. The van der Waals surface area contributed by atoms with Gasteiger partial charge in [0.15, 0.2) is 0 Å². The number of benzene rings is 1. The zero-order chi connectivity index (χ0) is 19.8. The molecule has 29 heavy (non-hydrogen) atoms. The summed E-state index contributed by atoms with van der Waals surface area (Å²) in [6, 6.07) is 12.6. The Bertz CT molecular complexity index is 1150. The van der Waals surface area contributed by atoms with Crippen LogP contribution in [0.25, 0.3) is 10.9 Å². The maximum absolute atomic E-state index is 12.4. The van der Waals surface area contributed by atoms with Gasteiger partial charge in [0.2, 0.25) is 0 Å². The Hall–Kier alpha value is -2.82. The Labute approximate surface area is 173 Å². The second-order valence-corrected chi connectivity index (χ2v) is 8.79. The first-order valence-electron chi connectivity index (χ1n) is 10.1. The summed E-state index contributed by atoms with van der Waals surface area (Å²) in [5.41, 5.74) is 4.09. The first-order valence-corrected chi connectivity index (χ1v) is 10.9. The fourth-order valence-corrected chi connectivity index (χ4v) is 5.20. The maximum atomic E-state index is 12.4. The van der Waals surface area contributed by atoms with Crippen molar-refractivity contribution in [1.29, 1.82) is 5.26 Å². The highest BCUT2D eigenvalue weighted by Gasteiger charge is 2.20. The van der Waals surface area contributed by atoms with Gasteiger partial charge in [-0.1, -0.05) is 12.1 Å². The molecule has 2 aromatic heterocycles. The molecule has 0 amide bonds. The molecule has 0 atom stereocenters. The number of nitrogens with zero attached hydrogens (tertiary/aromatic N) is 3. The Morgan fingerprint density at radius 3 is 2.79 bits per heavy atom. The summed E-state index contributed by atoms with van der Waals surface area (Å²) in [7, 11) is 0. The fraction of sp³-hybridized carbons (Fsp3) is 0.364. The van der Waals surface area contributed by atoms with Gasteiger partial charge in [-0.05, 0) is 36.6 Å². The van der Waals surface area contributed by atoms with Crippen LogP contribution in [-0.2, 0) is 13.0 Å². The molecule has 3 aromatic rings. The lowest BCUT2D eigenvalue weighted by atomic mass is 10.0. The predicted molar refractivity (Wildman–Crippen MR) is 118 cm³/mol. The summed E-state index contributed by atoms with van der Waals surface area (Å²) >= 11 is 1.57. The summed E-state index contributed by atoms with van der Waals surface area (Å²) < 4.78 is 0. The van der Waals surface area contributed by atoms with Crippen LogP contribution in [0.3, 0.4) is 0 Å². The van der Waals surface area contributed by atoms with E-state index in [-0.39, 0.29) is 5.56 Å². The van der Waals surface area contributed by atoms with Gasteiger partial charge in [0.25, 0.3) is 5.56 Å². The number of aromatic nitrogens is 1. The summed E-state index contributed by atoms with van der Waals surface area (Å²) in [6.07, 6.45) is 1.86. The van der Waals surface area contributed by atoms with Crippen LogP contribution in [0.4, 0.5) is 10.7 Å². The van der Waals surface area contributed by atoms with E-state index in [0.717, 1.165) is 79.1 Å². The third kappa shape index (κ3) is 3.50. The first kappa shape index (κ1) is 18.2. The number of nitriles is 1. The molecule has 0 bridgehead atoms. The minimum absolute atomic E-state index is 0.0400. The number of anilines is 2. The van der Waals surface area contributed by atoms with Gasteiger partial charge in [-0.2, -0.15) is 5.26 Å². The third-order valence-corrected chi connectivity index (χ3v) is 6.93. The van der Waals surface area contributed by atoms with Crippen molar-refractivity contribution >= 4 is 32.9 Å². The SMILES string of the molecule is N#Cc1ccc(N2CCN(Cc3ccc4c5c(c(=O)[nH]c4c3)CCCN5)CC2)s1. The molecule has 0 saturated carbocycles. The minimum Gasteiger partial charge on any atom is -0.384 e. The van der Waals surface area contributed by atoms with E-state index in [4.69, 9.17) is 5.26 Å². The van der Waals surface area contributed by atoms with E-state index in [9.17, 15) is 4.79 Å². The lowest BCUT2D eigenvalue weighted by Crippen LogP contribution is -2.45. The van der Waals surface area contributed by atoms with Gasteiger partial charge in [-0.25, -0.2) is 0 Å². The van der Waals surface area contributed by atoms with Gasteiger partial charge in [0, 0.05) is 50.2 Å². The molecule has 1 aromatic carbocycles. The van der Waals surface area contributed by atoms with E-state index in [0.29, 0.717) is 0 Å². The molecule has 0 spiro atoms. The van der Waals surface area contributed by atoms with Crippen LogP contribution in [0.15, 0.2) is 35.1 Å². The molecule has 4 heterocycles. The molecule has 0 aliphatic carbocycles. The van der Waals surface area contributed by atoms with Gasteiger partial charge < -0.3 is 15.2 Å². The Kier molecular flexibility index (Phi) is 4.74. The van der Waals surface area contributed by atoms with Crippen LogP contribution in [0, 0.1) is 11.3 Å². The number of pyridine rings is 1. The van der Waals surface area contributed by atoms with Crippen LogP contribution in [0.1, 0.15) is 22.4 Å². The lowest BCUT2D eigenvalue weighted by molar-refractivity contribution is 0.250. The third-order valence-electron chi connectivity index (χ3n) is 5.87. The molecule has 0 radical (unpaired) electrons. The molecule has 2 aliphatic heterocycles. The molecule has 2 aliphatic rings. The van der Waals surface area contributed by atoms with E-state index in [1.807, 2.05) is 12.1 Å². The van der Waals surface area contributed by atoms with Crippen LogP contribution >= 0.6 is 11.3 Å². The zero-order valence-electron chi connectivity index (χ0n) is 16.2. The van der Waals surface area contributed by atoms with E-state index < -0.39 is 0 Å². The number of aromatic amines is 1. The number of thiophene rings is 1. The van der Waals surface area contributed by atoms with Crippen LogP contribution in [0.5, 0.6) is 0 Å². The average Bonchev–Trinajstić information content (AvgIpc) is 3.24. The zero-order valence-corrected chi connectivity index (χ0v) is 17.0. The molecule has 1 saturated heterocycles. The molecule has 0 unspecified atom stereocenters. The highest BCUT2D eigenvalue weighted by molar-refractivity contribution is 7.16. The summed E-state index contributed by atoms with van der Waals surface area (Å²) in [4.78, 5) is 21.1. The second-order valence-electron chi connectivity index (χ2n) is 7.73. The summed E-state index contributed by atoms with van der Waals surface area (Å²) in [5.74, 6) is 0. The van der Waals surface area contributed by atoms with E-state index in [2.05, 4.69) is 44.4 Å². The van der Waals surface area contributed by atoms with E-state index in [1.54, 1.807) is 11.3 Å². The Balaban J connectivity index is 1.30. The van der Waals surface area contributed by atoms with Crippen molar-refractivity contribution < 1.29 is 0 Å². The molecule has 7 heteroatoms. The highest BCUT2D eigenvalue weighted by Crippen LogP contribution is 2.29. The average molecular weight is 406 g/mol. The summed E-state index contributed by atoms with van der Waals surface area (Å²) in [5, 5.41) is 14.7. The normalized spacial score (nSPS) is 17.0. The highest BCUT2D eigenvalue weighted by atomic mass is 32.1. The van der Waals surface area contributed by atoms with Gasteiger partial charge in [0.1, 0.15) is 10.9 Å². The van der Waals surface area contributed by atoms with E-state index in [1.165, 1.54) is 10.6 Å². The number of H-pyrrole nitrogens is 1. The second kappa shape index (κ2) is 7.54. The predicted octanol–water partition coefficient (Wildman–Crippen LogP) is 3.14. The number of piperazine rings is 1. The number of fused-ring (bicyclic) bond motifs is 3. The van der Waals surface area contributed by atoms with Crippen LogP contribution < -0.4 is 15.8 Å². The minimum atomic E-state index is 0.0400. The number of rotatable bonds is 3. The van der Waals surface area contributed by atoms with Crippen molar-refractivity contribution in [2.24, 2.45) is 0 Å². The van der Waals surface area contributed by atoms with Crippen molar-refractivity contribution in [3.8, 4) is 6.07 Å². The number of hydrogen-bond donors (Lipinski definition) is 2.